The van der Waals surface area contributed by atoms with Crippen LogP contribution in [-0.2, 0) is 4.79 Å². The Balaban J connectivity index is 1.74. The van der Waals surface area contributed by atoms with E-state index in [1.165, 1.54) is 12.8 Å². The van der Waals surface area contributed by atoms with Gasteiger partial charge < -0.3 is 9.73 Å². The van der Waals surface area contributed by atoms with E-state index in [1.807, 2.05) is 6.92 Å². The van der Waals surface area contributed by atoms with Gasteiger partial charge in [0, 0.05) is 17.7 Å². The Labute approximate surface area is 116 Å². The van der Waals surface area contributed by atoms with Gasteiger partial charge in [0.2, 0.25) is 5.91 Å². The fourth-order valence-corrected chi connectivity index (χ4v) is 2.95. The van der Waals surface area contributed by atoms with Gasteiger partial charge in [0.15, 0.2) is 5.58 Å². The lowest BCUT2D eigenvalue weighted by Gasteiger charge is -2.18. The van der Waals surface area contributed by atoms with Crippen LogP contribution in [0.1, 0.15) is 32.6 Å². The van der Waals surface area contributed by atoms with Crippen molar-refractivity contribution in [2.45, 2.75) is 32.6 Å². The average molecular weight is 274 g/mol. The van der Waals surface area contributed by atoms with E-state index in [1.54, 1.807) is 18.2 Å². The molecule has 0 aliphatic heterocycles. The lowest BCUT2D eigenvalue weighted by Crippen LogP contribution is -2.25. The summed E-state index contributed by atoms with van der Waals surface area (Å²) in [6, 6.07) is 5.18. The Morgan fingerprint density at radius 2 is 2.15 bits per heavy atom. The van der Waals surface area contributed by atoms with Crippen LogP contribution in [0.3, 0.4) is 0 Å². The maximum absolute atomic E-state index is 12.2. The van der Waals surface area contributed by atoms with Crippen LogP contribution in [0.2, 0.25) is 0 Å². The van der Waals surface area contributed by atoms with E-state index < -0.39 is 5.76 Å². The number of nitrogens with one attached hydrogen (secondary N) is 2. The molecular formula is C15H18N2O3. The first kappa shape index (κ1) is 13.0. The highest BCUT2D eigenvalue weighted by atomic mass is 16.4. The summed E-state index contributed by atoms with van der Waals surface area (Å²) >= 11 is 0. The first-order valence-electron chi connectivity index (χ1n) is 7.07. The summed E-state index contributed by atoms with van der Waals surface area (Å²) in [6.07, 6.45) is 4.73. The molecule has 1 heterocycles. The maximum atomic E-state index is 12.2. The fourth-order valence-electron chi connectivity index (χ4n) is 2.95. The number of hydrogen-bond acceptors (Lipinski definition) is 3. The molecule has 5 heteroatoms. The third-order valence-corrected chi connectivity index (χ3v) is 4.21. The number of benzene rings is 1. The lowest BCUT2D eigenvalue weighted by molar-refractivity contribution is -0.120. The number of carbonyl (C=O) groups is 1. The number of hydrogen-bond donors (Lipinski definition) is 2. The number of carbonyl (C=O) groups excluding carboxylic acids is 1. The molecule has 1 amide bonds. The van der Waals surface area contributed by atoms with Gasteiger partial charge >= 0.3 is 5.76 Å². The van der Waals surface area contributed by atoms with Crippen molar-refractivity contribution in [1.82, 2.24) is 4.98 Å². The van der Waals surface area contributed by atoms with Gasteiger partial charge in [-0.1, -0.05) is 19.8 Å². The second-order valence-corrected chi connectivity index (χ2v) is 5.55. The molecule has 106 valence electrons. The van der Waals surface area contributed by atoms with E-state index in [0.29, 0.717) is 22.7 Å². The molecule has 1 aromatic heterocycles. The summed E-state index contributed by atoms with van der Waals surface area (Å²) in [4.78, 5) is 25.9. The number of rotatable bonds is 3. The van der Waals surface area contributed by atoms with Crippen molar-refractivity contribution in [2.24, 2.45) is 11.8 Å². The summed E-state index contributed by atoms with van der Waals surface area (Å²) < 4.78 is 4.99. The minimum atomic E-state index is -0.484. The predicted octanol–water partition coefficient (Wildman–Crippen LogP) is 2.89. The van der Waals surface area contributed by atoms with Crippen molar-refractivity contribution in [3.8, 4) is 0 Å². The molecule has 0 bridgehead atoms. The van der Waals surface area contributed by atoms with Crippen molar-refractivity contribution in [3.63, 3.8) is 0 Å². The van der Waals surface area contributed by atoms with Crippen LogP contribution in [-0.4, -0.2) is 10.9 Å². The minimum absolute atomic E-state index is 0.0198. The van der Waals surface area contributed by atoms with Crippen LogP contribution in [0.5, 0.6) is 0 Å². The Kier molecular flexibility index (Phi) is 3.34. The number of anilines is 1. The van der Waals surface area contributed by atoms with Gasteiger partial charge in [-0.05, 0) is 30.9 Å². The monoisotopic (exact) mass is 274 g/mol. The van der Waals surface area contributed by atoms with E-state index in [-0.39, 0.29) is 11.8 Å². The van der Waals surface area contributed by atoms with E-state index in [2.05, 4.69) is 10.3 Å². The topological polar surface area (TPSA) is 75.1 Å². The van der Waals surface area contributed by atoms with Gasteiger partial charge in [-0.2, -0.15) is 0 Å². The van der Waals surface area contributed by atoms with E-state index in [4.69, 9.17) is 4.42 Å². The van der Waals surface area contributed by atoms with E-state index in [9.17, 15) is 9.59 Å². The summed E-state index contributed by atoms with van der Waals surface area (Å²) in [5.41, 5.74) is 1.76. The van der Waals surface area contributed by atoms with Gasteiger partial charge in [0.05, 0.1) is 5.52 Å². The number of oxazole rings is 1. The highest BCUT2D eigenvalue weighted by Crippen LogP contribution is 2.31. The minimum Gasteiger partial charge on any atom is -0.408 e. The molecule has 0 spiro atoms. The molecule has 20 heavy (non-hydrogen) atoms. The molecular weight excluding hydrogens is 256 g/mol. The molecule has 3 rings (SSSR count). The van der Waals surface area contributed by atoms with E-state index >= 15 is 0 Å². The molecule has 1 unspecified atom stereocenters. The highest BCUT2D eigenvalue weighted by molar-refractivity contribution is 5.94. The number of amides is 1. The summed E-state index contributed by atoms with van der Waals surface area (Å²) in [6.45, 7) is 1.99. The number of aromatic amines is 1. The fraction of sp³-hybridized carbons (Fsp3) is 0.467. The van der Waals surface area contributed by atoms with Crippen LogP contribution in [0.25, 0.3) is 11.1 Å². The van der Waals surface area contributed by atoms with Gasteiger partial charge in [-0.25, -0.2) is 4.79 Å². The molecule has 2 aromatic rings. The molecule has 1 saturated carbocycles. The third-order valence-electron chi connectivity index (χ3n) is 4.21. The maximum Gasteiger partial charge on any atom is 0.417 e. The predicted molar refractivity (Wildman–Crippen MR) is 76.6 cm³/mol. The zero-order valence-corrected chi connectivity index (χ0v) is 11.4. The van der Waals surface area contributed by atoms with E-state index in [0.717, 1.165) is 12.8 Å². The van der Waals surface area contributed by atoms with Crippen molar-refractivity contribution in [2.75, 3.05) is 5.32 Å². The second-order valence-electron chi connectivity index (χ2n) is 5.55. The van der Waals surface area contributed by atoms with Crippen LogP contribution >= 0.6 is 0 Å². The molecule has 1 aliphatic carbocycles. The first-order chi connectivity index (χ1) is 9.63. The summed E-state index contributed by atoms with van der Waals surface area (Å²) in [5, 5.41) is 2.91. The third kappa shape index (κ3) is 2.48. The standard InChI is InChI=1S/C15H18N2O3/c1-9(10-4-2-3-5-10)14(18)16-11-6-7-12-13(8-11)20-15(19)17-12/h6-10H,2-5H2,1H3,(H,16,18)(H,17,19). The first-order valence-corrected chi connectivity index (χ1v) is 7.07. The average Bonchev–Trinajstić information content (AvgIpc) is 3.05. The molecule has 0 radical (unpaired) electrons. The SMILES string of the molecule is CC(C(=O)Nc1ccc2[nH]c(=O)oc2c1)C1CCCC1. The second kappa shape index (κ2) is 5.15. The summed E-state index contributed by atoms with van der Waals surface area (Å²) in [5.74, 6) is 0.0623. The molecule has 5 nitrogen and oxygen atoms in total. The van der Waals surface area contributed by atoms with Crippen molar-refractivity contribution < 1.29 is 9.21 Å². The molecule has 1 aromatic carbocycles. The zero-order valence-electron chi connectivity index (χ0n) is 11.4. The van der Waals surface area contributed by atoms with Crippen LogP contribution in [0.4, 0.5) is 5.69 Å². The van der Waals surface area contributed by atoms with Gasteiger partial charge in [0.25, 0.3) is 0 Å². The lowest BCUT2D eigenvalue weighted by atomic mass is 9.92. The largest absolute Gasteiger partial charge is 0.417 e. The van der Waals surface area contributed by atoms with Crippen LogP contribution in [0, 0.1) is 11.8 Å². The van der Waals surface area contributed by atoms with Gasteiger partial charge in [-0.3, -0.25) is 9.78 Å². The Bertz CT molecular complexity index is 680. The molecule has 1 fully saturated rings. The number of aromatic nitrogens is 1. The van der Waals surface area contributed by atoms with Crippen molar-refractivity contribution >= 4 is 22.7 Å². The molecule has 0 saturated heterocycles. The molecule has 1 atom stereocenters. The van der Waals surface area contributed by atoms with Crippen LogP contribution in [0.15, 0.2) is 27.4 Å². The normalized spacial score (nSPS) is 17.4. The Hall–Kier alpha value is -2.04. The number of fused-ring (bicyclic) bond motifs is 1. The van der Waals surface area contributed by atoms with Gasteiger partial charge in [0.1, 0.15) is 0 Å². The Morgan fingerprint density at radius 3 is 2.90 bits per heavy atom. The zero-order chi connectivity index (χ0) is 14.1. The van der Waals surface area contributed by atoms with Gasteiger partial charge in [-0.15, -0.1) is 0 Å². The molecule has 1 aliphatic rings. The van der Waals surface area contributed by atoms with Crippen molar-refractivity contribution in [3.05, 3.63) is 28.7 Å². The molecule has 2 N–H and O–H groups in total. The number of H-pyrrole nitrogens is 1. The summed E-state index contributed by atoms with van der Waals surface area (Å²) in [7, 11) is 0. The quantitative estimate of drug-likeness (QED) is 0.903. The van der Waals surface area contributed by atoms with Crippen LogP contribution < -0.4 is 11.1 Å². The highest BCUT2D eigenvalue weighted by Gasteiger charge is 2.26. The Morgan fingerprint density at radius 1 is 1.40 bits per heavy atom. The van der Waals surface area contributed by atoms with Crippen molar-refractivity contribution in [1.29, 1.82) is 0 Å². The smallest absolute Gasteiger partial charge is 0.408 e.